The molecule has 0 atom stereocenters. The van der Waals surface area contributed by atoms with Crippen LogP contribution < -0.4 is 14.2 Å². The summed E-state index contributed by atoms with van der Waals surface area (Å²) >= 11 is 0. The molecule has 0 bridgehead atoms. The largest absolute Gasteiger partial charge is 0.494 e. The predicted octanol–water partition coefficient (Wildman–Crippen LogP) is 22.6. The lowest BCUT2D eigenvalue weighted by Gasteiger charge is -2.39. The fraction of sp³-hybridized carbons (Fsp3) is 0.494. The monoisotopic (exact) mass is 1230 g/mol. The fourth-order valence-corrected chi connectivity index (χ4v) is 11.3. The van der Waals surface area contributed by atoms with Crippen LogP contribution in [0.1, 0.15) is 209 Å². The lowest BCUT2D eigenvalue weighted by molar-refractivity contribution is -0.929. The maximum atomic E-state index is 10.5. The van der Waals surface area contributed by atoms with Crippen molar-refractivity contribution in [2.75, 3.05) is 52.6 Å². The van der Waals surface area contributed by atoms with Gasteiger partial charge in [-0.3, -0.25) is 0 Å². The van der Waals surface area contributed by atoms with Crippen molar-refractivity contribution in [1.82, 2.24) is 0 Å². The summed E-state index contributed by atoms with van der Waals surface area (Å²) in [7, 11) is 0. The molecule has 0 aromatic heterocycles. The quantitative estimate of drug-likeness (QED) is 0.0223. The Balaban J connectivity index is 0.790. The highest BCUT2D eigenvalue weighted by Crippen LogP contribution is 2.27. The van der Waals surface area contributed by atoms with Crippen molar-refractivity contribution in [3.8, 4) is 35.5 Å². The number of aliphatic hydroxyl groups excluding tert-OH is 1. The van der Waals surface area contributed by atoms with Crippen LogP contribution in [0.15, 0.2) is 176 Å². The van der Waals surface area contributed by atoms with Crippen LogP contribution in [0.25, 0.3) is 0 Å². The fourth-order valence-electron chi connectivity index (χ4n) is 11.3. The Morgan fingerprint density at radius 1 is 0.253 bits per heavy atom. The molecule has 1 N–H and O–H groups in total. The van der Waals surface area contributed by atoms with E-state index in [0.29, 0.717) is 33.8 Å². The summed E-state index contributed by atoms with van der Waals surface area (Å²) in [6.45, 7) is 6.95. The second-order valence-corrected chi connectivity index (χ2v) is 24.2. The molecule has 0 spiro atoms. The number of benzene rings is 6. The molecule has 482 valence electrons. The van der Waals surface area contributed by atoms with Crippen molar-refractivity contribution in [3.63, 3.8) is 0 Å². The van der Waals surface area contributed by atoms with Gasteiger partial charge in [-0.25, -0.2) is 0 Å². The summed E-state index contributed by atoms with van der Waals surface area (Å²) in [5, 5.41) is 63.1. The first-order chi connectivity index (χ1) is 44.9. The zero-order chi connectivity index (χ0) is 63.8. The maximum Gasteiger partial charge on any atom is 0.119 e. The molecule has 0 aliphatic rings. The van der Waals surface area contributed by atoms with Crippen molar-refractivity contribution in [3.05, 3.63) is 162 Å². The van der Waals surface area contributed by atoms with E-state index in [-0.39, 0.29) is 6.61 Å². The highest BCUT2D eigenvalue weighted by atomic mass is 16.5. The first-order valence-electron chi connectivity index (χ1n) is 34.4. The van der Waals surface area contributed by atoms with E-state index in [9.17, 15) is 5.11 Å². The summed E-state index contributed by atoms with van der Waals surface area (Å²) in [5.41, 5.74) is 6.24. The number of hydrogen-bond acceptors (Lipinski definition) is 13. The Hall–Kier alpha value is -8.09. The topological polar surface area (TPSA) is 193 Å². The van der Waals surface area contributed by atoms with Crippen LogP contribution in [-0.2, 0) is 0 Å². The van der Waals surface area contributed by atoms with Crippen molar-refractivity contribution in [1.29, 1.82) is 15.8 Å². The number of aliphatic hydroxyl groups is 1. The molecular formula is C77H101N10O4+. The second-order valence-electron chi connectivity index (χ2n) is 24.2. The number of quaternary nitrogens is 1. The van der Waals surface area contributed by atoms with Crippen LogP contribution in [0.4, 0.5) is 34.1 Å². The van der Waals surface area contributed by atoms with E-state index in [0.717, 1.165) is 84.4 Å². The first-order valence-corrected chi connectivity index (χ1v) is 34.4. The molecule has 14 heteroatoms. The normalized spacial score (nSPS) is 12.1. The van der Waals surface area contributed by atoms with Gasteiger partial charge in [-0.05, 0) is 203 Å². The summed E-state index contributed by atoms with van der Waals surface area (Å²) in [5.74, 6) is 2.56. The van der Waals surface area contributed by atoms with Gasteiger partial charge < -0.3 is 23.8 Å². The van der Waals surface area contributed by atoms with Crippen LogP contribution in [0.5, 0.6) is 17.2 Å². The third kappa shape index (κ3) is 32.0. The zero-order valence-corrected chi connectivity index (χ0v) is 54.4. The molecule has 91 heavy (non-hydrogen) atoms. The van der Waals surface area contributed by atoms with Crippen molar-refractivity contribution >= 4 is 34.1 Å². The van der Waals surface area contributed by atoms with Gasteiger partial charge in [0.1, 0.15) is 23.8 Å². The van der Waals surface area contributed by atoms with Crippen LogP contribution in [0.3, 0.4) is 0 Å². The Morgan fingerprint density at radius 2 is 0.440 bits per heavy atom. The molecule has 0 aliphatic carbocycles. The van der Waals surface area contributed by atoms with Gasteiger partial charge >= 0.3 is 0 Å². The Labute approximate surface area is 544 Å². The molecule has 14 nitrogen and oxygen atoms in total. The summed E-state index contributed by atoms with van der Waals surface area (Å²) in [4.78, 5) is 0. The van der Waals surface area contributed by atoms with E-state index in [1.165, 1.54) is 193 Å². The SMILES string of the molecule is N#Cc1ccc(N=Nc2ccc(OCCCCCCCCCCCC[N+](CCO)(CCCCCCCCCCCCOc3ccc(N=Nc4ccc(C#N)cc4)cc3)CCCCCCCCCCCCOc3ccc(N=Nc4ccc(C#N)cc4)cc3)cc2)cc1. The van der Waals surface area contributed by atoms with Crippen LogP contribution >= 0.6 is 0 Å². The molecule has 0 amide bonds. The standard InChI is InChI=1S/C77H101N10O4/c78-63-66-31-37-69(38-32-66)81-84-72-43-49-75(50-44-72)89-60-28-22-16-10-4-1-7-13-19-25-55-87(58-59-88,56-26-20-14-8-2-5-11-17-23-29-61-90-76-51-45-73(46-52-76)85-82-70-39-33-67(64-79)34-40-70)57-27-21-15-9-3-6-12-18-24-30-62-91-77-53-47-74(48-54-77)86-83-71-41-35-68(65-80)36-42-71/h31-54,88H,1-30,55-62H2/q+1. The lowest BCUT2D eigenvalue weighted by atomic mass is 10.0. The van der Waals surface area contributed by atoms with Gasteiger partial charge in [0.25, 0.3) is 0 Å². The number of nitriles is 3. The van der Waals surface area contributed by atoms with Crippen LogP contribution in [0.2, 0.25) is 0 Å². The molecule has 6 aromatic rings. The first kappa shape index (κ1) is 72.0. The average molecular weight is 1230 g/mol. The summed E-state index contributed by atoms with van der Waals surface area (Å²) in [6.07, 6.45) is 37.8. The van der Waals surface area contributed by atoms with Gasteiger partial charge in [-0.15, -0.1) is 0 Å². The Kier molecular flexibility index (Phi) is 36.4. The second kappa shape index (κ2) is 46.0. The predicted molar refractivity (Wildman–Crippen MR) is 367 cm³/mol. The third-order valence-corrected chi connectivity index (χ3v) is 16.8. The number of nitrogens with zero attached hydrogens (tertiary/aromatic N) is 10. The molecule has 0 radical (unpaired) electrons. The number of ether oxygens (including phenoxy) is 3. The molecule has 6 rings (SSSR count). The molecule has 0 saturated carbocycles. The highest BCUT2D eigenvalue weighted by Gasteiger charge is 2.25. The van der Waals surface area contributed by atoms with E-state index in [4.69, 9.17) is 30.0 Å². The van der Waals surface area contributed by atoms with Crippen molar-refractivity contribution in [2.45, 2.75) is 193 Å². The molecule has 0 fully saturated rings. The minimum atomic E-state index is 0.278. The van der Waals surface area contributed by atoms with E-state index >= 15 is 0 Å². The average Bonchev–Trinajstić information content (AvgIpc) is 3.80. The third-order valence-electron chi connectivity index (χ3n) is 16.8. The molecule has 6 aromatic carbocycles. The smallest absolute Gasteiger partial charge is 0.119 e. The van der Waals surface area contributed by atoms with Gasteiger partial charge in [0.15, 0.2) is 0 Å². The van der Waals surface area contributed by atoms with E-state index < -0.39 is 0 Å². The highest BCUT2D eigenvalue weighted by molar-refractivity contribution is 5.47. The summed E-state index contributed by atoms with van der Waals surface area (Å²) < 4.78 is 19.1. The van der Waals surface area contributed by atoms with Crippen molar-refractivity contribution in [2.24, 2.45) is 30.7 Å². The maximum absolute atomic E-state index is 10.5. The molecule has 0 saturated heterocycles. The van der Waals surface area contributed by atoms with Gasteiger partial charge in [0.2, 0.25) is 0 Å². The number of rotatable bonds is 50. The summed E-state index contributed by atoms with van der Waals surface area (Å²) in [6, 6.07) is 50.7. The van der Waals surface area contributed by atoms with E-state index in [1.54, 1.807) is 72.8 Å². The van der Waals surface area contributed by atoms with Gasteiger partial charge in [-0.2, -0.15) is 46.5 Å². The number of hydrogen-bond donors (Lipinski definition) is 1. The Morgan fingerprint density at radius 3 is 0.637 bits per heavy atom. The zero-order valence-electron chi connectivity index (χ0n) is 54.4. The minimum Gasteiger partial charge on any atom is -0.494 e. The van der Waals surface area contributed by atoms with Gasteiger partial charge in [-0.1, -0.05) is 135 Å². The number of unbranched alkanes of at least 4 members (excludes halogenated alkanes) is 27. The van der Waals surface area contributed by atoms with Gasteiger partial charge in [0.05, 0.1) is 115 Å². The molecular weight excluding hydrogens is 1130 g/mol. The van der Waals surface area contributed by atoms with Crippen LogP contribution in [0, 0.1) is 34.0 Å². The van der Waals surface area contributed by atoms with Gasteiger partial charge in [0, 0.05) is 0 Å². The lowest BCUT2D eigenvalue weighted by Crippen LogP contribution is -2.51. The number of azo groups is 3. The van der Waals surface area contributed by atoms with Crippen molar-refractivity contribution < 1.29 is 23.8 Å². The molecule has 0 aliphatic heterocycles. The molecule has 0 heterocycles. The molecule has 0 unspecified atom stereocenters. The van der Waals surface area contributed by atoms with Crippen LogP contribution in [-0.4, -0.2) is 62.2 Å². The minimum absolute atomic E-state index is 0.278. The van der Waals surface area contributed by atoms with E-state index in [1.807, 2.05) is 72.8 Å². The Bertz CT molecular complexity index is 2750. The van der Waals surface area contributed by atoms with E-state index in [2.05, 4.69) is 48.9 Å².